The molecule has 0 saturated carbocycles. The van der Waals surface area contributed by atoms with Gasteiger partial charge in [0.2, 0.25) is 5.91 Å². The third kappa shape index (κ3) is 8.91. The summed E-state index contributed by atoms with van der Waals surface area (Å²) in [5.41, 5.74) is 0.929. The Hall–Kier alpha value is -2.06. The molecule has 3 amide bonds. The fourth-order valence-electron chi connectivity index (χ4n) is 3.04. The summed E-state index contributed by atoms with van der Waals surface area (Å²) in [5, 5.41) is 15.0. The summed E-state index contributed by atoms with van der Waals surface area (Å²) >= 11 is 7.30. The molecule has 170 valence electrons. The number of hydrogen-bond donors (Lipinski definition) is 2. The summed E-state index contributed by atoms with van der Waals surface area (Å²) < 4.78 is 2.05. The van der Waals surface area contributed by atoms with Crippen molar-refractivity contribution in [2.75, 3.05) is 12.3 Å². The van der Waals surface area contributed by atoms with E-state index in [9.17, 15) is 9.59 Å². The summed E-state index contributed by atoms with van der Waals surface area (Å²) in [6.07, 6.45) is 7.93. The highest BCUT2D eigenvalue weighted by molar-refractivity contribution is 7.99. The normalized spacial score (nSPS) is 10.8. The third-order valence-electron chi connectivity index (χ3n) is 4.68. The molecule has 0 fully saturated rings. The second-order valence-electron chi connectivity index (χ2n) is 7.33. The maximum Gasteiger partial charge on any atom is 0.321 e. The second kappa shape index (κ2) is 14.1. The van der Waals surface area contributed by atoms with Gasteiger partial charge in [0.15, 0.2) is 11.0 Å². The Bertz CT molecular complexity index is 826. The molecule has 2 aromatic rings. The van der Waals surface area contributed by atoms with Gasteiger partial charge in [0.05, 0.1) is 5.75 Å². The van der Waals surface area contributed by atoms with Gasteiger partial charge in [-0.1, -0.05) is 69.3 Å². The van der Waals surface area contributed by atoms with Crippen LogP contribution in [-0.2, 0) is 11.3 Å². The van der Waals surface area contributed by atoms with Crippen LogP contribution in [0, 0.1) is 0 Å². The van der Waals surface area contributed by atoms with E-state index >= 15 is 0 Å². The lowest BCUT2D eigenvalue weighted by Gasteiger charge is -2.11. The first kappa shape index (κ1) is 25.2. The molecular weight excluding hydrogens is 434 g/mol. The number of rotatable bonds is 13. The number of hydrogen-bond acceptors (Lipinski definition) is 5. The Kier molecular flexibility index (Phi) is 11.5. The zero-order valence-corrected chi connectivity index (χ0v) is 19.9. The average molecular weight is 466 g/mol. The quantitative estimate of drug-likeness (QED) is 0.310. The molecule has 0 aliphatic rings. The summed E-state index contributed by atoms with van der Waals surface area (Å²) in [7, 11) is 0. The summed E-state index contributed by atoms with van der Waals surface area (Å²) in [6, 6.07) is 7.03. The van der Waals surface area contributed by atoms with Crippen molar-refractivity contribution in [1.82, 2.24) is 25.4 Å². The number of benzene rings is 1. The molecule has 0 radical (unpaired) electrons. The molecule has 31 heavy (non-hydrogen) atoms. The number of thioether (sulfide) groups is 1. The van der Waals surface area contributed by atoms with Crippen LogP contribution in [0.15, 0.2) is 29.4 Å². The minimum atomic E-state index is -0.470. The molecule has 0 aliphatic heterocycles. The van der Waals surface area contributed by atoms with E-state index in [0.717, 1.165) is 37.2 Å². The number of carbonyl (C=O) groups excluding carboxylic acids is 2. The number of nitrogens with one attached hydrogen (secondary N) is 2. The number of imide groups is 1. The Labute approximate surface area is 193 Å². The van der Waals surface area contributed by atoms with E-state index in [4.69, 9.17) is 11.6 Å². The smallest absolute Gasteiger partial charge is 0.321 e. The highest BCUT2D eigenvalue weighted by Crippen LogP contribution is 2.26. The maximum atomic E-state index is 12.1. The van der Waals surface area contributed by atoms with E-state index in [2.05, 4.69) is 32.3 Å². The molecule has 0 aliphatic carbocycles. The van der Waals surface area contributed by atoms with Gasteiger partial charge in [-0.3, -0.25) is 10.1 Å². The molecule has 0 saturated heterocycles. The highest BCUT2D eigenvalue weighted by atomic mass is 35.5. The van der Waals surface area contributed by atoms with Crippen molar-refractivity contribution in [2.45, 2.75) is 70.5 Å². The molecule has 0 bridgehead atoms. The van der Waals surface area contributed by atoms with Crippen molar-refractivity contribution < 1.29 is 9.59 Å². The molecule has 0 unspecified atom stereocenters. The van der Waals surface area contributed by atoms with E-state index in [1.54, 1.807) is 0 Å². The van der Waals surface area contributed by atoms with E-state index in [1.807, 2.05) is 31.2 Å². The number of carbonyl (C=O) groups is 2. The predicted molar refractivity (Wildman–Crippen MR) is 126 cm³/mol. The largest absolute Gasteiger partial charge is 0.338 e. The Morgan fingerprint density at radius 2 is 1.71 bits per heavy atom. The van der Waals surface area contributed by atoms with Gasteiger partial charge in [-0.05, 0) is 37.1 Å². The molecule has 1 heterocycles. The van der Waals surface area contributed by atoms with Gasteiger partial charge in [0, 0.05) is 23.7 Å². The molecule has 9 heteroatoms. The van der Waals surface area contributed by atoms with Gasteiger partial charge in [0.1, 0.15) is 0 Å². The van der Waals surface area contributed by atoms with E-state index in [1.165, 1.54) is 37.4 Å². The summed E-state index contributed by atoms with van der Waals surface area (Å²) in [5.74, 6) is 0.490. The van der Waals surface area contributed by atoms with Crippen molar-refractivity contribution in [3.8, 4) is 11.4 Å². The van der Waals surface area contributed by atoms with Gasteiger partial charge in [-0.2, -0.15) is 0 Å². The lowest BCUT2D eigenvalue weighted by Crippen LogP contribution is -2.40. The van der Waals surface area contributed by atoms with Crippen LogP contribution in [0.4, 0.5) is 4.79 Å². The van der Waals surface area contributed by atoms with Gasteiger partial charge in [0.25, 0.3) is 0 Å². The molecule has 2 rings (SSSR count). The fraction of sp³-hybridized carbons (Fsp3) is 0.545. The third-order valence-corrected chi connectivity index (χ3v) is 5.89. The zero-order chi connectivity index (χ0) is 22.5. The molecule has 0 atom stereocenters. The SMILES string of the molecule is CCCCCCCCn1c(SCC(=O)NC(=O)NCCC)nnc1-c1ccc(Cl)cc1. The van der Waals surface area contributed by atoms with Crippen LogP contribution in [0.3, 0.4) is 0 Å². The zero-order valence-electron chi connectivity index (χ0n) is 18.3. The Morgan fingerprint density at radius 3 is 2.42 bits per heavy atom. The monoisotopic (exact) mass is 465 g/mol. The molecular formula is C22H32ClN5O2S. The Balaban J connectivity index is 2.02. The van der Waals surface area contributed by atoms with Gasteiger partial charge < -0.3 is 9.88 Å². The highest BCUT2D eigenvalue weighted by Gasteiger charge is 2.16. The first-order chi connectivity index (χ1) is 15.0. The van der Waals surface area contributed by atoms with Crippen LogP contribution in [-0.4, -0.2) is 39.0 Å². The summed E-state index contributed by atoms with van der Waals surface area (Å²) in [6.45, 7) is 5.47. The van der Waals surface area contributed by atoms with Crippen LogP contribution in [0.5, 0.6) is 0 Å². The van der Waals surface area contributed by atoms with Crippen molar-refractivity contribution in [2.24, 2.45) is 0 Å². The van der Waals surface area contributed by atoms with Crippen molar-refractivity contribution in [3.63, 3.8) is 0 Å². The van der Waals surface area contributed by atoms with E-state index < -0.39 is 6.03 Å². The van der Waals surface area contributed by atoms with Crippen molar-refractivity contribution in [1.29, 1.82) is 0 Å². The predicted octanol–water partition coefficient (Wildman–Crippen LogP) is 5.29. The molecule has 1 aromatic carbocycles. The second-order valence-corrected chi connectivity index (χ2v) is 8.70. The van der Waals surface area contributed by atoms with Crippen molar-refractivity contribution >= 4 is 35.3 Å². The first-order valence-corrected chi connectivity index (χ1v) is 12.3. The molecule has 7 nitrogen and oxygen atoms in total. The topological polar surface area (TPSA) is 88.9 Å². The van der Waals surface area contributed by atoms with Gasteiger partial charge in [-0.25, -0.2) is 4.79 Å². The minimum Gasteiger partial charge on any atom is -0.338 e. The van der Waals surface area contributed by atoms with Gasteiger partial charge in [-0.15, -0.1) is 10.2 Å². The van der Waals surface area contributed by atoms with E-state index in [-0.39, 0.29) is 11.7 Å². The van der Waals surface area contributed by atoms with Gasteiger partial charge >= 0.3 is 6.03 Å². The van der Waals surface area contributed by atoms with E-state index in [0.29, 0.717) is 16.7 Å². The lowest BCUT2D eigenvalue weighted by atomic mass is 10.1. The number of aromatic nitrogens is 3. The summed E-state index contributed by atoms with van der Waals surface area (Å²) in [4.78, 5) is 23.8. The van der Waals surface area contributed by atoms with Crippen LogP contribution < -0.4 is 10.6 Å². The Morgan fingerprint density at radius 1 is 1.00 bits per heavy atom. The standard InChI is InChI=1S/C22H32ClN5O2S/c1-3-5-6-7-8-9-15-28-20(17-10-12-18(23)13-11-17)26-27-22(28)31-16-19(29)25-21(30)24-14-4-2/h10-13H,3-9,14-16H2,1-2H3,(H2,24,25,29,30). The average Bonchev–Trinajstić information content (AvgIpc) is 3.16. The van der Waals surface area contributed by atoms with Crippen LogP contribution >= 0.6 is 23.4 Å². The number of amides is 3. The number of unbranched alkanes of at least 4 members (excludes halogenated alkanes) is 5. The number of nitrogens with zero attached hydrogens (tertiary/aromatic N) is 3. The maximum absolute atomic E-state index is 12.1. The van der Waals surface area contributed by atoms with Crippen LogP contribution in [0.1, 0.15) is 58.8 Å². The molecule has 1 aromatic heterocycles. The number of halogens is 1. The van der Waals surface area contributed by atoms with Crippen LogP contribution in [0.2, 0.25) is 5.02 Å². The minimum absolute atomic E-state index is 0.0921. The first-order valence-electron chi connectivity index (χ1n) is 10.9. The fourth-order valence-corrected chi connectivity index (χ4v) is 3.93. The molecule has 0 spiro atoms. The van der Waals surface area contributed by atoms with Crippen LogP contribution in [0.25, 0.3) is 11.4 Å². The lowest BCUT2D eigenvalue weighted by molar-refractivity contribution is -0.117. The molecule has 2 N–H and O–H groups in total. The number of urea groups is 1. The van der Waals surface area contributed by atoms with Crippen molar-refractivity contribution in [3.05, 3.63) is 29.3 Å².